The van der Waals surface area contributed by atoms with Gasteiger partial charge in [0.2, 0.25) is 5.91 Å². The zero-order valence-corrected chi connectivity index (χ0v) is 15.2. The molecule has 1 amide bonds. The molecule has 1 heterocycles. The van der Waals surface area contributed by atoms with Crippen molar-refractivity contribution in [1.82, 2.24) is 5.32 Å². The largest absolute Gasteiger partial charge is 0.466 e. The summed E-state index contributed by atoms with van der Waals surface area (Å²) in [5.74, 6) is -0.728. The van der Waals surface area contributed by atoms with Gasteiger partial charge in [-0.15, -0.1) is 0 Å². The number of hydrogen-bond donors (Lipinski definition) is 1. The fourth-order valence-electron chi connectivity index (χ4n) is 3.01. The highest BCUT2D eigenvalue weighted by Crippen LogP contribution is 2.41. The van der Waals surface area contributed by atoms with Crippen LogP contribution in [0, 0.1) is 0 Å². The highest BCUT2D eigenvalue weighted by Gasteiger charge is 2.36. The monoisotopic (exact) mass is 376 g/mol. The Morgan fingerprint density at radius 3 is 2.62 bits per heavy atom. The number of carbonyl (C=O) groups is 2. The smallest absolute Gasteiger partial charge is 0.305 e. The van der Waals surface area contributed by atoms with Crippen molar-refractivity contribution in [3.63, 3.8) is 0 Å². The molecule has 0 saturated carbocycles. The van der Waals surface area contributed by atoms with Crippen LogP contribution in [-0.4, -0.2) is 40.0 Å². The maximum atomic E-state index is 12.8. The van der Waals surface area contributed by atoms with Crippen LogP contribution in [0.2, 0.25) is 0 Å². The first-order valence-corrected chi connectivity index (χ1v) is 9.86. The van der Waals surface area contributed by atoms with E-state index in [0.717, 1.165) is 9.69 Å². The Balaban J connectivity index is 1.67. The summed E-state index contributed by atoms with van der Waals surface area (Å²) in [5.41, 5.74) is 0.514. The van der Waals surface area contributed by atoms with Crippen molar-refractivity contribution >= 4 is 38.4 Å². The second-order valence-electron chi connectivity index (χ2n) is 5.90. The van der Waals surface area contributed by atoms with Crippen molar-refractivity contribution in [2.24, 2.45) is 0 Å². The molecule has 0 atom stereocenters. The third-order valence-electron chi connectivity index (χ3n) is 4.15. The second kappa shape index (κ2) is 7.33. The lowest BCUT2D eigenvalue weighted by atomic mass is 10.1. The maximum absolute atomic E-state index is 12.8. The highest BCUT2D eigenvalue weighted by molar-refractivity contribution is 7.93. The Labute approximate surface area is 152 Å². The Kier molecular flexibility index (Phi) is 5.13. The average Bonchev–Trinajstić information content (AvgIpc) is 2.83. The molecule has 0 fully saturated rings. The van der Waals surface area contributed by atoms with Crippen LogP contribution in [0.5, 0.6) is 0 Å². The summed E-state index contributed by atoms with van der Waals surface area (Å²) in [6, 6.07) is 10.4. The van der Waals surface area contributed by atoms with Crippen LogP contribution in [0.4, 0.5) is 5.69 Å². The number of hydrogen-bond acceptors (Lipinski definition) is 5. The number of benzene rings is 2. The number of ether oxygens (including phenoxy) is 1. The SMILES string of the molecule is CCOC(=O)CCCNC(=O)CN1c2cccc3cccc(c23)S1(=O)=O. The second-order valence-corrected chi connectivity index (χ2v) is 7.73. The zero-order valence-electron chi connectivity index (χ0n) is 14.4. The van der Waals surface area contributed by atoms with E-state index in [2.05, 4.69) is 5.32 Å². The molecule has 1 N–H and O–H groups in total. The summed E-state index contributed by atoms with van der Waals surface area (Å²) < 4.78 is 31.5. The Hall–Kier alpha value is -2.61. The summed E-state index contributed by atoms with van der Waals surface area (Å²) in [5, 5.41) is 4.11. The van der Waals surface area contributed by atoms with E-state index in [4.69, 9.17) is 4.74 Å². The van der Waals surface area contributed by atoms with Crippen molar-refractivity contribution < 1.29 is 22.7 Å². The Bertz CT molecular complexity index is 950. The number of anilines is 1. The van der Waals surface area contributed by atoms with E-state index >= 15 is 0 Å². The van der Waals surface area contributed by atoms with Gasteiger partial charge < -0.3 is 10.1 Å². The summed E-state index contributed by atoms with van der Waals surface area (Å²) in [4.78, 5) is 23.7. The molecule has 2 aromatic rings. The molecule has 0 unspecified atom stereocenters. The fraction of sp³-hybridized carbons (Fsp3) is 0.333. The number of sulfonamides is 1. The topological polar surface area (TPSA) is 92.8 Å². The Morgan fingerprint density at radius 2 is 1.88 bits per heavy atom. The normalized spacial score (nSPS) is 14.4. The standard InChI is InChI=1S/C18H20N2O5S/c1-2-25-17(22)10-5-11-19-16(21)12-20-14-8-3-6-13-7-4-9-15(18(13)14)26(20,23)24/h3-4,6-9H,2,5,10-12H2,1H3,(H,19,21). The summed E-state index contributed by atoms with van der Waals surface area (Å²) in [6.45, 7) is 2.04. The molecular formula is C18H20N2O5S. The van der Waals surface area contributed by atoms with Gasteiger partial charge in [-0.2, -0.15) is 0 Å². The van der Waals surface area contributed by atoms with Gasteiger partial charge in [-0.3, -0.25) is 13.9 Å². The first kappa shape index (κ1) is 18.2. The molecule has 1 aliphatic heterocycles. The number of nitrogens with one attached hydrogen (secondary N) is 1. The maximum Gasteiger partial charge on any atom is 0.305 e. The molecule has 0 spiro atoms. The predicted octanol–water partition coefficient (Wildman–Crippen LogP) is 1.81. The van der Waals surface area contributed by atoms with Gasteiger partial charge in [-0.1, -0.05) is 24.3 Å². The molecule has 0 aromatic heterocycles. The average molecular weight is 376 g/mol. The molecule has 138 valence electrons. The summed E-state index contributed by atoms with van der Waals surface area (Å²) >= 11 is 0. The van der Waals surface area contributed by atoms with E-state index in [-0.39, 0.29) is 30.4 Å². The van der Waals surface area contributed by atoms with E-state index in [0.29, 0.717) is 24.1 Å². The van der Waals surface area contributed by atoms with Crippen molar-refractivity contribution in [3.8, 4) is 0 Å². The van der Waals surface area contributed by atoms with Gasteiger partial charge in [-0.25, -0.2) is 8.42 Å². The van der Waals surface area contributed by atoms with Crippen LogP contribution in [0.25, 0.3) is 10.8 Å². The Morgan fingerprint density at radius 1 is 1.15 bits per heavy atom. The van der Waals surface area contributed by atoms with E-state index in [1.807, 2.05) is 12.1 Å². The number of rotatable bonds is 7. The lowest BCUT2D eigenvalue weighted by Gasteiger charge is -2.18. The lowest BCUT2D eigenvalue weighted by molar-refractivity contribution is -0.143. The molecule has 0 bridgehead atoms. The quantitative estimate of drug-likeness (QED) is 0.588. The number of carbonyl (C=O) groups excluding carboxylic acids is 2. The van der Waals surface area contributed by atoms with E-state index in [1.54, 1.807) is 31.2 Å². The predicted molar refractivity (Wildman–Crippen MR) is 97.4 cm³/mol. The number of amides is 1. The van der Waals surface area contributed by atoms with Gasteiger partial charge in [-0.05, 0) is 30.9 Å². The van der Waals surface area contributed by atoms with Crippen LogP contribution in [0.15, 0.2) is 41.3 Å². The molecule has 1 aliphatic rings. The van der Waals surface area contributed by atoms with Gasteiger partial charge >= 0.3 is 5.97 Å². The summed E-state index contributed by atoms with van der Waals surface area (Å²) in [6.07, 6.45) is 0.647. The minimum absolute atomic E-state index is 0.209. The summed E-state index contributed by atoms with van der Waals surface area (Å²) in [7, 11) is -3.75. The zero-order chi connectivity index (χ0) is 18.7. The van der Waals surface area contributed by atoms with Crippen molar-refractivity contribution in [2.75, 3.05) is 24.0 Å². The third kappa shape index (κ3) is 3.37. The molecule has 0 aliphatic carbocycles. The minimum atomic E-state index is -3.75. The molecule has 7 nitrogen and oxygen atoms in total. The number of nitrogens with zero attached hydrogens (tertiary/aromatic N) is 1. The van der Waals surface area contributed by atoms with Crippen molar-refractivity contribution in [1.29, 1.82) is 0 Å². The molecule has 0 saturated heterocycles. The van der Waals surface area contributed by atoms with Gasteiger partial charge in [0.15, 0.2) is 0 Å². The third-order valence-corrected chi connectivity index (χ3v) is 5.96. The fourth-order valence-corrected chi connectivity index (χ4v) is 4.68. The number of esters is 1. The molecule has 2 aromatic carbocycles. The van der Waals surface area contributed by atoms with Gasteiger partial charge in [0.1, 0.15) is 6.54 Å². The van der Waals surface area contributed by atoms with Gasteiger partial charge in [0, 0.05) is 18.4 Å². The van der Waals surface area contributed by atoms with Gasteiger partial charge in [0.05, 0.1) is 17.2 Å². The first-order valence-electron chi connectivity index (χ1n) is 8.42. The van der Waals surface area contributed by atoms with Crippen molar-refractivity contribution in [3.05, 3.63) is 36.4 Å². The van der Waals surface area contributed by atoms with Crippen LogP contribution in [0.3, 0.4) is 0 Å². The van der Waals surface area contributed by atoms with E-state index in [9.17, 15) is 18.0 Å². The van der Waals surface area contributed by atoms with Crippen LogP contribution in [-0.2, 0) is 24.3 Å². The molecule has 3 rings (SSSR count). The minimum Gasteiger partial charge on any atom is -0.466 e. The van der Waals surface area contributed by atoms with Gasteiger partial charge in [0.25, 0.3) is 10.0 Å². The molecular weight excluding hydrogens is 356 g/mol. The first-order chi connectivity index (χ1) is 12.4. The molecule has 8 heteroatoms. The van der Waals surface area contributed by atoms with Crippen molar-refractivity contribution in [2.45, 2.75) is 24.7 Å². The lowest BCUT2D eigenvalue weighted by Crippen LogP contribution is -2.39. The van der Waals surface area contributed by atoms with Crippen LogP contribution >= 0.6 is 0 Å². The molecule has 26 heavy (non-hydrogen) atoms. The highest BCUT2D eigenvalue weighted by atomic mass is 32.2. The van der Waals surface area contributed by atoms with E-state index < -0.39 is 15.9 Å². The van der Waals surface area contributed by atoms with Crippen LogP contribution < -0.4 is 9.62 Å². The molecule has 0 radical (unpaired) electrons. The van der Waals surface area contributed by atoms with Crippen LogP contribution in [0.1, 0.15) is 19.8 Å². The van der Waals surface area contributed by atoms with E-state index in [1.165, 1.54) is 0 Å².